The molecule has 1 aliphatic rings. The van der Waals surface area contributed by atoms with Gasteiger partial charge in [-0.05, 0) is 32.4 Å². The number of nitrogens with two attached hydrogens (primary N) is 2. The predicted octanol–water partition coefficient (Wildman–Crippen LogP) is -0.687. The normalized spacial score (nSPS) is 15.6. The summed E-state index contributed by atoms with van der Waals surface area (Å²) in [6.07, 6.45) is 4.51. The van der Waals surface area contributed by atoms with Crippen LogP contribution in [-0.2, 0) is 6.42 Å². The Morgan fingerprint density at radius 2 is 1.89 bits per heavy atom. The van der Waals surface area contributed by atoms with Crippen molar-refractivity contribution >= 4 is 11.8 Å². The minimum absolute atomic E-state index is 0.0861. The van der Waals surface area contributed by atoms with Crippen molar-refractivity contribution in [1.29, 1.82) is 0 Å². The Morgan fingerprint density at radius 1 is 1.21 bits per heavy atom. The molecule has 0 unspecified atom stereocenters. The zero-order valence-corrected chi connectivity index (χ0v) is 10.6. The predicted molar refractivity (Wildman–Crippen MR) is 68.4 cm³/mol. The summed E-state index contributed by atoms with van der Waals surface area (Å²) >= 11 is 0. The van der Waals surface area contributed by atoms with Gasteiger partial charge >= 0.3 is 0 Å². The van der Waals surface area contributed by atoms with E-state index < -0.39 is 11.8 Å². The standard InChI is InChI=1S/C12H17N5O2/c13-10(18)9-8(3-6-17-4-1-2-5-17)7-15-12(16-9)11(14)19/h7H,1-6H2,(H2,13,18)(H2,14,19). The Balaban J connectivity index is 2.14. The van der Waals surface area contributed by atoms with Gasteiger partial charge in [0.25, 0.3) is 11.8 Å². The van der Waals surface area contributed by atoms with Crippen molar-refractivity contribution in [1.82, 2.24) is 14.9 Å². The SMILES string of the molecule is NC(=O)c1ncc(CCN2CCCC2)c(C(N)=O)n1. The summed E-state index contributed by atoms with van der Waals surface area (Å²) < 4.78 is 0. The molecular formula is C12H17N5O2. The number of carbonyl (C=O) groups is 2. The van der Waals surface area contributed by atoms with Gasteiger partial charge in [-0.3, -0.25) is 9.59 Å². The van der Waals surface area contributed by atoms with Crippen molar-refractivity contribution in [3.63, 3.8) is 0 Å². The van der Waals surface area contributed by atoms with Crippen LogP contribution in [0.15, 0.2) is 6.20 Å². The Labute approximate surface area is 111 Å². The van der Waals surface area contributed by atoms with Gasteiger partial charge in [-0.1, -0.05) is 0 Å². The van der Waals surface area contributed by atoms with E-state index in [0.29, 0.717) is 12.0 Å². The second-order valence-electron chi connectivity index (χ2n) is 4.59. The Morgan fingerprint density at radius 3 is 2.47 bits per heavy atom. The van der Waals surface area contributed by atoms with Crippen LogP contribution in [0.3, 0.4) is 0 Å². The van der Waals surface area contributed by atoms with E-state index in [9.17, 15) is 9.59 Å². The largest absolute Gasteiger partial charge is 0.364 e. The molecule has 0 aliphatic carbocycles. The Kier molecular flexibility index (Phi) is 4.06. The van der Waals surface area contributed by atoms with Crippen molar-refractivity contribution in [2.45, 2.75) is 19.3 Å². The summed E-state index contributed by atoms with van der Waals surface area (Å²) in [5.41, 5.74) is 11.1. The van der Waals surface area contributed by atoms with Gasteiger partial charge in [0.15, 0.2) is 0 Å². The summed E-state index contributed by atoms with van der Waals surface area (Å²) in [6, 6.07) is 0. The highest BCUT2D eigenvalue weighted by molar-refractivity contribution is 5.94. The number of amides is 2. The molecule has 0 bridgehead atoms. The summed E-state index contributed by atoms with van der Waals surface area (Å²) in [7, 11) is 0. The van der Waals surface area contributed by atoms with Gasteiger partial charge in [-0.15, -0.1) is 0 Å². The maximum atomic E-state index is 11.4. The highest BCUT2D eigenvalue weighted by Crippen LogP contribution is 2.11. The lowest BCUT2D eigenvalue weighted by atomic mass is 10.1. The number of primary amides is 2. The molecular weight excluding hydrogens is 246 g/mol. The highest BCUT2D eigenvalue weighted by atomic mass is 16.2. The minimum Gasteiger partial charge on any atom is -0.364 e. The molecule has 1 saturated heterocycles. The Hall–Kier alpha value is -2.02. The lowest BCUT2D eigenvalue weighted by molar-refractivity contribution is 0.0987. The average molecular weight is 263 g/mol. The molecule has 1 fully saturated rings. The van der Waals surface area contributed by atoms with Crippen molar-refractivity contribution in [3.8, 4) is 0 Å². The van der Waals surface area contributed by atoms with E-state index in [0.717, 1.165) is 19.6 Å². The fourth-order valence-electron chi connectivity index (χ4n) is 2.21. The second kappa shape index (κ2) is 5.75. The van der Waals surface area contributed by atoms with Gasteiger partial charge in [0.1, 0.15) is 5.69 Å². The fourth-order valence-corrected chi connectivity index (χ4v) is 2.21. The van der Waals surface area contributed by atoms with Crippen molar-refractivity contribution in [3.05, 3.63) is 23.3 Å². The monoisotopic (exact) mass is 263 g/mol. The first-order valence-electron chi connectivity index (χ1n) is 6.26. The van der Waals surface area contributed by atoms with E-state index >= 15 is 0 Å². The maximum absolute atomic E-state index is 11.4. The molecule has 0 radical (unpaired) electrons. The number of rotatable bonds is 5. The van der Waals surface area contributed by atoms with Crippen LogP contribution in [0.4, 0.5) is 0 Å². The van der Waals surface area contributed by atoms with Gasteiger partial charge in [-0.2, -0.15) is 0 Å². The van der Waals surface area contributed by atoms with E-state index in [2.05, 4.69) is 14.9 Å². The summed E-state index contributed by atoms with van der Waals surface area (Å²) in [4.78, 5) is 32.4. The molecule has 0 saturated carbocycles. The lowest BCUT2D eigenvalue weighted by Gasteiger charge is -2.14. The van der Waals surface area contributed by atoms with Crippen molar-refractivity contribution < 1.29 is 9.59 Å². The third-order valence-corrected chi connectivity index (χ3v) is 3.21. The van der Waals surface area contributed by atoms with E-state index in [1.807, 2.05) is 0 Å². The number of likely N-dealkylation sites (tertiary alicyclic amines) is 1. The average Bonchev–Trinajstić information content (AvgIpc) is 2.89. The van der Waals surface area contributed by atoms with Crippen LogP contribution in [0.2, 0.25) is 0 Å². The number of hydrogen-bond acceptors (Lipinski definition) is 5. The van der Waals surface area contributed by atoms with Crippen LogP contribution in [0.1, 0.15) is 39.5 Å². The molecule has 2 rings (SSSR count). The third-order valence-electron chi connectivity index (χ3n) is 3.21. The highest BCUT2D eigenvalue weighted by Gasteiger charge is 2.17. The molecule has 0 spiro atoms. The fraction of sp³-hybridized carbons (Fsp3) is 0.500. The van der Waals surface area contributed by atoms with Crippen LogP contribution in [-0.4, -0.2) is 46.3 Å². The molecule has 1 aromatic heterocycles. The number of nitrogens with zero attached hydrogens (tertiary/aromatic N) is 3. The van der Waals surface area contributed by atoms with Crippen LogP contribution >= 0.6 is 0 Å². The first kappa shape index (κ1) is 13.4. The lowest BCUT2D eigenvalue weighted by Crippen LogP contribution is -2.25. The number of hydrogen-bond donors (Lipinski definition) is 2. The molecule has 0 atom stereocenters. The summed E-state index contributed by atoms with van der Waals surface area (Å²) in [5, 5.41) is 0. The molecule has 7 heteroatoms. The second-order valence-corrected chi connectivity index (χ2v) is 4.59. The zero-order valence-electron chi connectivity index (χ0n) is 10.6. The first-order valence-corrected chi connectivity index (χ1v) is 6.26. The van der Waals surface area contributed by atoms with E-state index in [-0.39, 0.29) is 11.5 Å². The first-order chi connectivity index (χ1) is 9.08. The number of aromatic nitrogens is 2. The molecule has 0 aromatic carbocycles. The molecule has 7 nitrogen and oxygen atoms in total. The van der Waals surface area contributed by atoms with Gasteiger partial charge in [0.05, 0.1) is 0 Å². The van der Waals surface area contributed by atoms with Gasteiger partial charge < -0.3 is 16.4 Å². The van der Waals surface area contributed by atoms with Crippen LogP contribution in [0, 0.1) is 0 Å². The molecule has 4 N–H and O–H groups in total. The summed E-state index contributed by atoms with van der Waals surface area (Å²) in [6.45, 7) is 2.98. The molecule has 2 amide bonds. The minimum atomic E-state index is -0.770. The summed E-state index contributed by atoms with van der Waals surface area (Å²) in [5.74, 6) is -1.62. The van der Waals surface area contributed by atoms with E-state index in [1.165, 1.54) is 19.0 Å². The molecule has 19 heavy (non-hydrogen) atoms. The van der Waals surface area contributed by atoms with E-state index in [1.54, 1.807) is 0 Å². The topological polar surface area (TPSA) is 115 Å². The quantitative estimate of drug-likeness (QED) is 0.729. The van der Waals surface area contributed by atoms with Crippen LogP contribution < -0.4 is 11.5 Å². The zero-order chi connectivity index (χ0) is 13.8. The van der Waals surface area contributed by atoms with Crippen LogP contribution in [0.5, 0.6) is 0 Å². The van der Waals surface area contributed by atoms with Crippen molar-refractivity contribution in [2.24, 2.45) is 11.5 Å². The molecule has 2 heterocycles. The van der Waals surface area contributed by atoms with E-state index in [4.69, 9.17) is 11.5 Å². The third kappa shape index (κ3) is 3.25. The van der Waals surface area contributed by atoms with Gasteiger partial charge in [0, 0.05) is 18.3 Å². The molecule has 1 aromatic rings. The molecule has 102 valence electrons. The Bertz CT molecular complexity index is 497. The van der Waals surface area contributed by atoms with Gasteiger partial charge in [0.2, 0.25) is 5.82 Å². The molecule has 1 aliphatic heterocycles. The van der Waals surface area contributed by atoms with Gasteiger partial charge in [-0.25, -0.2) is 9.97 Å². The van der Waals surface area contributed by atoms with Crippen LogP contribution in [0.25, 0.3) is 0 Å². The van der Waals surface area contributed by atoms with Crippen molar-refractivity contribution in [2.75, 3.05) is 19.6 Å². The number of carbonyl (C=O) groups excluding carboxylic acids is 2. The smallest absolute Gasteiger partial charge is 0.286 e. The maximum Gasteiger partial charge on any atom is 0.286 e.